The summed E-state index contributed by atoms with van der Waals surface area (Å²) >= 11 is 0. The van der Waals surface area contributed by atoms with Gasteiger partial charge in [-0.15, -0.1) is 0 Å². The van der Waals surface area contributed by atoms with Crippen LogP contribution >= 0.6 is 0 Å². The zero-order chi connectivity index (χ0) is 15.2. The molecule has 1 heterocycles. The molecule has 0 amide bonds. The molecule has 21 heavy (non-hydrogen) atoms. The normalized spacial score (nSPS) is 17.1. The fourth-order valence-corrected chi connectivity index (χ4v) is 3.23. The summed E-state index contributed by atoms with van der Waals surface area (Å²) < 4.78 is 6.03. The average molecular weight is 290 g/mol. The van der Waals surface area contributed by atoms with Gasteiger partial charge in [0.2, 0.25) is 0 Å². The molecule has 1 unspecified atom stereocenters. The molecule has 0 aliphatic carbocycles. The SMILES string of the molecule is Cc1cc(CC(C)N)cc(C)c1OCCCN1CCCC1. The Morgan fingerprint density at radius 3 is 2.38 bits per heavy atom. The van der Waals surface area contributed by atoms with Gasteiger partial charge in [0.05, 0.1) is 6.61 Å². The second-order valence-corrected chi connectivity index (χ2v) is 6.49. The number of likely N-dealkylation sites (tertiary alicyclic amines) is 1. The van der Waals surface area contributed by atoms with Gasteiger partial charge in [-0.1, -0.05) is 12.1 Å². The molecule has 3 nitrogen and oxygen atoms in total. The zero-order valence-electron chi connectivity index (χ0n) is 13.8. The van der Waals surface area contributed by atoms with Crippen LogP contribution in [0.2, 0.25) is 0 Å². The second-order valence-electron chi connectivity index (χ2n) is 6.49. The van der Waals surface area contributed by atoms with Crippen molar-refractivity contribution < 1.29 is 4.74 Å². The smallest absolute Gasteiger partial charge is 0.125 e. The van der Waals surface area contributed by atoms with E-state index in [2.05, 4.69) is 30.9 Å². The molecular formula is C18H30N2O. The fraction of sp³-hybridized carbons (Fsp3) is 0.667. The van der Waals surface area contributed by atoms with E-state index in [1.807, 2.05) is 6.92 Å². The minimum Gasteiger partial charge on any atom is -0.493 e. The Labute approximate surface area is 129 Å². The van der Waals surface area contributed by atoms with Crippen molar-refractivity contribution in [2.75, 3.05) is 26.2 Å². The van der Waals surface area contributed by atoms with Crippen molar-refractivity contribution >= 4 is 0 Å². The quantitative estimate of drug-likeness (QED) is 0.784. The highest BCUT2D eigenvalue weighted by atomic mass is 16.5. The van der Waals surface area contributed by atoms with Crippen LogP contribution in [0.1, 0.15) is 42.9 Å². The average Bonchev–Trinajstić information content (AvgIpc) is 2.89. The lowest BCUT2D eigenvalue weighted by Gasteiger charge is -2.17. The predicted octanol–water partition coefficient (Wildman–Crippen LogP) is 3.06. The van der Waals surface area contributed by atoms with Gasteiger partial charge in [0.25, 0.3) is 0 Å². The number of benzene rings is 1. The van der Waals surface area contributed by atoms with Gasteiger partial charge >= 0.3 is 0 Å². The first kappa shape index (κ1) is 16.3. The molecule has 118 valence electrons. The van der Waals surface area contributed by atoms with Crippen LogP contribution < -0.4 is 10.5 Å². The summed E-state index contributed by atoms with van der Waals surface area (Å²) in [7, 11) is 0. The van der Waals surface area contributed by atoms with E-state index >= 15 is 0 Å². The van der Waals surface area contributed by atoms with E-state index in [4.69, 9.17) is 10.5 Å². The molecule has 1 aromatic carbocycles. The van der Waals surface area contributed by atoms with E-state index < -0.39 is 0 Å². The van der Waals surface area contributed by atoms with E-state index in [1.165, 1.54) is 49.2 Å². The van der Waals surface area contributed by atoms with Gasteiger partial charge in [-0.2, -0.15) is 0 Å². The van der Waals surface area contributed by atoms with Crippen LogP contribution in [0.5, 0.6) is 5.75 Å². The third-order valence-electron chi connectivity index (χ3n) is 4.14. The van der Waals surface area contributed by atoms with Crippen LogP contribution in [0, 0.1) is 13.8 Å². The zero-order valence-corrected chi connectivity index (χ0v) is 13.8. The fourth-order valence-electron chi connectivity index (χ4n) is 3.23. The minimum atomic E-state index is 0.205. The molecule has 2 rings (SSSR count). The van der Waals surface area contributed by atoms with Crippen LogP contribution in [-0.4, -0.2) is 37.2 Å². The third kappa shape index (κ3) is 5.01. The number of hydrogen-bond donors (Lipinski definition) is 1. The molecule has 1 fully saturated rings. The van der Waals surface area contributed by atoms with E-state index in [9.17, 15) is 0 Å². The number of rotatable bonds is 7. The van der Waals surface area contributed by atoms with Crippen molar-refractivity contribution in [3.8, 4) is 5.75 Å². The number of nitrogens with zero attached hydrogens (tertiary/aromatic N) is 1. The molecular weight excluding hydrogens is 260 g/mol. The van der Waals surface area contributed by atoms with Crippen molar-refractivity contribution in [2.24, 2.45) is 5.73 Å². The van der Waals surface area contributed by atoms with Crippen LogP contribution in [0.3, 0.4) is 0 Å². The van der Waals surface area contributed by atoms with Crippen molar-refractivity contribution in [2.45, 2.75) is 52.5 Å². The van der Waals surface area contributed by atoms with Crippen LogP contribution in [0.4, 0.5) is 0 Å². The second kappa shape index (κ2) is 7.81. The standard InChI is InChI=1S/C18H30N2O/c1-14-11-17(13-16(3)19)12-15(2)18(14)21-10-6-9-20-7-4-5-8-20/h11-12,16H,4-10,13,19H2,1-3H3. The molecule has 1 aromatic rings. The Hall–Kier alpha value is -1.06. The number of hydrogen-bond acceptors (Lipinski definition) is 3. The van der Waals surface area contributed by atoms with E-state index in [0.717, 1.165) is 25.2 Å². The summed E-state index contributed by atoms with van der Waals surface area (Å²) in [6.07, 6.45) is 4.76. The van der Waals surface area contributed by atoms with Gasteiger partial charge in [0, 0.05) is 12.6 Å². The molecule has 2 N–H and O–H groups in total. The topological polar surface area (TPSA) is 38.5 Å². The molecule has 1 atom stereocenters. The van der Waals surface area contributed by atoms with Crippen LogP contribution in [-0.2, 0) is 6.42 Å². The monoisotopic (exact) mass is 290 g/mol. The first-order valence-corrected chi connectivity index (χ1v) is 8.27. The van der Waals surface area contributed by atoms with Crippen molar-refractivity contribution in [3.63, 3.8) is 0 Å². The summed E-state index contributed by atoms with van der Waals surface area (Å²) in [5, 5.41) is 0. The molecule has 3 heteroatoms. The van der Waals surface area contributed by atoms with Gasteiger partial charge in [-0.05, 0) is 76.2 Å². The maximum atomic E-state index is 6.03. The number of nitrogens with two attached hydrogens (primary N) is 1. The van der Waals surface area contributed by atoms with Crippen LogP contribution in [0.25, 0.3) is 0 Å². The molecule has 0 radical (unpaired) electrons. The Kier molecular flexibility index (Phi) is 6.07. The first-order chi connectivity index (χ1) is 10.1. The number of ether oxygens (including phenoxy) is 1. The highest BCUT2D eigenvalue weighted by molar-refractivity contribution is 5.43. The lowest BCUT2D eigenvalue weighted by molar-refractivity contribution is 0.261. The maximum absolute atomic E-state index is 6.03. The molecule has 1 saturated heterocycles. The summed E-state index contributed by atoms with van der Waals surface area (Å²) in [6, 6.07) is 4.63. The van der Waals surface area contributed by atoms with E-state index in [1.54, 1.807) is 0 Å². The number of aryl methyl sites for hydroxylation is 2. The molecule has 0 spiro atoms. The summed E-state index contributed by atoms with van der Waals surface area (Å²) in [5.74, 6) is 1.06. The molecule has 0 aromatic heterocycles. The molecule has 0 saturated carbocycles. The summed E-state index contributed by atoms with van der Waals surface area (Å²) in [6.45, 7) is 10.8. The molecule has 1 aliphatic rings. The lowest BCUT2D eigenvalue weighted by atomic mass is 10.0. The highest BCUT2D eigenvalue weighted by Gasteiger charge is 2.11. The first-order valence-electron chi connectivity index (χ1n) is 8.27. The highest BCUT2D eigenvalue weighted by Crippen LogP contribution is 2.25. The predicted molar refractivity (Wildman–Crippen MR) is 89.1 cm³/mol. The van der Waals surface area contributed by atoms with E-state index in [-0.39, 0.29) is 6.04 Å². The minimum absolute atomic E-state index is 0.205. The Morgan fingerprint density at radius 1 is 1.19 bits per heavy atom. The van der Waals surface area contributed by atoms with Gasteiger partial charge in [0.1, 0.15) is 5.75 Å². The molecule has 1 aliphatic heterocycles. The van der Waals surface area contributed by atoms with Gasteiger partial charge in [0.15, 0.2) is 0 Å². The van der Waals surface area contributed by atoms with Gasteiger partial charge in [-0.3, -0.25) is 0 Å². The maximum Gasteiger partial charge on any atom is 0.125 e. The van der Waals surface area contributed by atoms with Crippen molar-refractivity contribution in [1.29, 1.82) is 0 Å². The van der Waals surface area contributed by atoms with E-state index in [0.29, 0.717) is 0 Å². The lowest BCUT2D eigenvalue weighted by Crippen LogP contribution is -2.22. The van der Waals surface area contributed by atoms with Gasteiger partial charge in [-0.25, -0.2) is 0 Å². The van der Waals surface area contributed by atoms with Crippen molar-refractivity contribution in [3.05, 3.63) is 28.8 Å². The Bertz CT molecular complexity index is 428. The van der Waals surface area contributed by atoms with Gasteiger partial charge < -0.3 is 15.4 Å². The van der Waals surface area contributed by atoms with Crippen LogP contribution in [0.15, 0.2) is 12.1 Å². The Balaban J connectivity index is 1.84. The summed E-state index contributed by atoms with van der Waals surface area (Å²) in [5.41, 5.74) is 9.65. The molecule has 0 bridgehead atoms. The summed E-state index contributed by atoms with van der Waals surface area (Å²) in [4.78, 5) is 2.54. The largest absolute Gasteiger partial charge is 0.493 e. The van der Waals surface area contributed by atoms with Crippen molar-refractivity contribution in [1.82, 2.24) is 4.90 Å². The Morgan fingerprint density at radius 2 is 1.81 bits per heavy atom. The third-order valence-corrected chi connectivity index (χ3v) is 4.14.